The van der Waals surface area contributed by atoms with Crippen molar-refractivity contribution in [3.05, 3.63) is 35.1 Å². The van der Waals surface area contributed by atoms with Crippen molar-refractivity contribution >= 4 is 24.8 Å². The molecule has 1 heterocycles. The first-order valence-corrected chi connectivity index (χ1v) is 6.75. The SMILES string of the molecule is CC[C@H](c1cc(C(F)(F)F)ccc1F)N1CCNCC1.Cl.Cl. The monoisotopic (exact) mass is 362 g/mol. The van der Waals surface area contributed by atoms with Crippen LogP contribution >= 0.6 is 24.8 Å². The van der Waals surface area contributed by atoms with E-state index in [1.807, 2.05) is 11.8 Å². The maximum Gasteiger partial charge on any atom is 0.416 e. The summed E-state index contributed by atoms with van der Waals surface area (Å²) < 4.78 is 52.2. The van der Waals surface area contributed by atoms with Gasteiger partial charge in [0.05, 0.1) is 5.56 Å². The third-order valence-corrected chi connectivity index (χ3v) is 3.66. The van der Waals surface area contributed by atoms with Gasteiger partial charge in [-0.2, -0.15) is 13.2 Å². The second-order valence-corrected chi connectivity index (χ2v) is 4.94. The fourth-order valence-corrected chi connectivity index (χ4v) is 2.64. The van der Waals surface area contributed by atoms with Gasteiger partial charge in [-0.3, -0.25) is 4.90 Å². The molecule has 1 aromatic rings. The first-order chi connectivity index (χ1) is 9.43. The van der Waals surface area contributed by atoms with Gasteiger partial charge in [-0.25, -0.2) is 4.39 Å². The molecule has 1 aliphatic rings. The quantitative estimate of drug-likeness (QED) is 0.816. The molecule has 1 fully saturated rings. The molecule has 0 amide bonds. The number of piperazine rings is 1. The molecule has 1 atom stereocenters. The van der Waals surface area contributed by atoms with Gasteiger partial charge in [-0.05, 0) is 24.6 Å². The van der Waals surface area contributed by atoms with E-state index in [2.05, 4.69) is 5.32 Å². The van der Waals surface area contributed by atoms with Crippen molar-refractivity contribution in [2.45, 2.75) is 25.6 Å². The van der Waals surface area contributed by atoms with E-state index in [4.69, 9.17) is 0 Å². The Labute approximate surface area is 140 Å². The number of halogens is 6. The second kappa shape index (κ2) is 8.91. The topological polar surface area (TPSA) is 15.3 Å². The highest BCUT2D eigenvalue weighted by Gasteiger charge is 2.32. The Morgan fingerprint density at radius 1 is 1.18 bits per heavy atom. The largest absolute Gasteiger partial charge is 0.416 e. The molecule has 0 aromatic heterocycles. The van der Waals surface area contributed by atoms with Crippen LogP contribution in [0, 0.1) is 5.82 Å². The van der Waals surface area contributed by atoms with Crippen molar-refractivity contribution < 1.29 is 17.6 Å². The molecule has 0 spiro atoms. The normalized spacial score (nSPS) is 17.3. The second-order valence-electron chi connectivity index (χ2n) is 4.94. The van der Waals surface area contributed by atoms with Crippen molar-refractivity contribution in [1.82, 2.24) is 10.2 Å². The summed E-state index contributed by atoms with van der Waals surface area (Å²) in [6.45, 7) is 4.85. The van der Waals surface area contributed by atoms with Crippen LogP contribution in [0.4, 0.5) is 17.6 Å². The molecule has 0 saturated carbocycles. The van der Waals surface area contributed by atoms with E-state index < -0.39 is 17.6 Å². The van der Waals surface area contributed by atoms with E-state index in [0.29, 0.717) is 19.5 Å². The average molecular weight is 363 g/mol. The predicted molar refractivity (Wildman–Crippen MR) is 83.4 cm³/mol. The van der Waals surface area contributed by atoms with Crippen LogP contribution < -0.4 is 5.32 Å². The van der Waals surface area contributed by atoms with Crippen LogP contribution in [0.5, 0.6) is 0 Å². The van der Waals surface area contributed by atoms with Crippen LogP contribution in [0.25, 0.3) is 0 Å². The van der Waals surface area contributed by atoms with Crippen LogP contribution in [0.15, 0.2) is 18.2 Å². The Kier molecular flexibility index (Phi) is 8.69. The van der Waals surface area contributed by atoms with Gasteiger partial charge in [0.2, 0.25) is 0 Å². The molecule has 0 bridgehead atoms. The summed E-state index contributed by atoms with van der Waals surface area (Å²) in [5, 5.41) is 3.18. The van der Waals surface area contributed by atoms with E-state index in [-0.39, 0.29) is 36.4 Å². The molecule has 2 rings (SSSR count). The number of rotatable bonds is 3. The van der Waals surface area contributed by atoms with Crippen LogP contribution in [-0.4, -0.2) is 31.1 Å². The summed E-state index contributed by atoms with van der Waals surface area (Å²) >= 11 is 0. The fourth-order valence-electron chi connectivity index (χ4n) is 2.64. The van der Waals surface area contributed by atoms with E-state index in [0.717, 1.165) is 31.3 Å². The predicted octanol–water partition coefficient (Wildman–Crippen LogP) is 4.04. The van der Waals surface area contributed by atoms with Crippen LogP contribution in [0.3, 0.4) is 0 Å². The van der Waals surface area contributed by atoms with Crippen molar-refractivity contribution in [1.29, 1.82) is 0 Å². The smallest absolute Gasteiger partial charge is 0.314 e. The molecule has 1 N–H and O–H groups in total. The summed E-state index contributed by atoms with van der Waals surface area (Å²) in [5.41, 5.74) is -0.647. The van der Waals surface area contributed by atoms with Gasteiger partial charge >= 0.3 is 6.18 Å². The Bertz CT molecular complexity index is 463. The lowest BCUT2D eigenvalue weighted by Gasteiger charge is -2.35. The van der Waals surface area contributed by atoms with Crippen LogP contribution in [0.1, 0.15) is 30.5 Å². The summed E-state index contributed by atoms with van der Waals surface area (Å²) in [6.07, 6.45) is -3.86. The van der Waals surface area contributed by atoms with Crippen molar-refractivity contribution in [2.75, 3.05) is 26.2 Å². The third-order valence-electron chi connectivity index (χ3n) is 3.66. The van der Waals surface area contributed by atoms with Gasteiger partial charge in [0, 0.05) is 37.8 Å². The molecular formula is C14H20Cl2F4N2. The lowest BCUT2D eigenvalue weighted by molar-refractivity contribution is -0.137. The Hall–Kier alpha value is -0.560. The van der Waals surface area contributed by atoms with Gasteiger partial charge in [0.1, 0.15) is 5.82 Å². The van der Waals surface area contributed by atoms with Gasteiger partial charge < -0.3 is 5.32 Å². The number of hydrogen-bond acceptors (Lipinski definition) is 2. The zero-order valence-corrected chi connectivity index (χ0v) is 13.8. The standard InChI is InChI=1S/C14H18F4N2.2ClH/c1-2-13(20-7-5-19-6-8-20)11-9-10(14(16,17)18)3-4-12(11)15;;/h3-4,9,13,19H,2,5-8H2,1H3;2*1H/t13-;;/m1../s1. The van der Waals surface area contributed by atoms with Crippen LogP contribution in [0.2, 0.25) is 0 Å². The lowest BCUT2D eigenvalue weighted by atomic mass is 9.99. The molecule has 22 heavy (non-hydrogen) atoms. The molecule has 1 saturated heterocycles. The van der Waals surface area contributed by atoms with Gasteiger partial charge in [0.25, 0.3) is 0 Å². The van der Waals surface area contributed by atoms with Gasteiger partial charge in [-0.15, -0.1) is 24.8 Å². The number of benzene rings is 1. The molecule has 8 heteroatoms. The summed E-state index contributed by atoms with van der Waals surface area (Å²) in [5.74, 6) is -0.566. The summed E-state index contributed by atoms with van der Waals surface area (Å²) in [7, 11) is 0. The minimum atomic E-state index is -4.44. The maximum atomic E-state index is 13.9. The van der Waals surface area contributed by atoms with Gasteiger partial charge in [-0.1, -0.05) is 6.92 Å². The first-order valence-electron chi connectivity index (χ1n) is 6.75. The molecule has 2 nitrogen and oxygen atoms in total. The van der Waals surface area contributed by atoms with Gasteiger partial charge in [0.15, 0.2) is 0 Å². The van der Waals surface area contributed by atoms with Crippen molar-refractivity contribution in [3.8, 4) is 0 Å². The molecule has 0 radical (unpaired) electrons. The molecule has 1 aliphatic heterocycles. The fraction of sp³-hybridized carbons (Fsp3) is 0.571. The summed E-state index contributed by atoms with van der Waals surface area (Å²) in [6, 6.07) is 2.36. The zero-order chi connectivity index (χ0) is 14.8. The van der Waals surface area contributed by atoms with E-state index in [1.54, 1.807) is 0 Å². The highest BCUT2D eigenvalue weighted by Crippen LogP contribution is 2.34. The van der Waals surface area contributed by atoms with E-state index in [9.17, 15) is 17.6 Å². The molecular weight excluding hydrogens is 343 g/mol. The molecule has 0 unspecified atom stereocenters. The van der Waals surface area contributed by atoms with E-state index in [1.165, 1.54) is 0 Å². The first kappa shape index (κ1) is 21.4. The molecule has 128 valence electrons. The van der Waals surface area contributed by atoms with Crippen LogP contribution in [-0.2, 0) is 6.18 Å². The molecule has 1 aromatic carbocycles. The summed E-state index contributed by atoms with van der Waals surface area (Å²) in [4.78, 5) is 2.04. The maximum absolute atomic E-state index is 13.9. The minimum Gasteiger partial charge on any atom is -0.314 e. The highest BCUT2D eigenvalue weighted by atomic mass is 35.5. The Morgan fingerprint density at radius 3 is 2.27 bits per heavy atom. The number of hydrogen-bond donors (Lipinski definition) is 1. The Morgan fingerprint density at radius 2 is 1.77 bits per heavy atom. The lowest BCUT2D eigenvalue weighted by Crippen LogP contribution is -2.45. The van der Waals surface area contributed by atoms with Crippen molar-refractivity contribution in [2.24, 2.45) is 0 Å². The van der Waals surface area contributed by atoms with E-state index >= 15 is 0 Å². The number of nitrogens with zero attached hydrogens (tertiary/aromatic N) is 1. The number of nitrogens with one attached hydrogen (secondary N) is 1. The van der Waals surface area contributed by atoms with Crippen molar-refractivity contribution in [3.63, 3.8) is 0 Å². The molecule has 0 aliphatic carbocycles. The zero-order valence-electron chi connectivity index (χ0n) is 12.1. The highest BCUT2D eigenvalue weighted by molar-refractivity contribution is 5.85. The number of alkyl halides is 3. The Balaban J connectivity index is 0.00000220. The minimum absolute atomic E-state index is 0. The third kappa shape index (κ3) is 4.98. The average Bonchev–Trinajstić information content (AvgIpc) is 2.41.